The fourth-order valence-corrected chi connectivity index (χ4v) is 3.06. The molecule has 21 heavy (non-hydrogen) atoms. The van der Waals surface area contributed by atoms with E-state index in [-0.39, 0.29) is 11.9 Å². The number of amides is 1. The minimum atomic E-state index is 0.180. The van der Waals surface area contributed by atoms with Crippen LogP contribution in [0.3, 0.4) is 0 Å². The monoisotopic (exact) mass is 308 g/mol. The average molecular weight is 309 g/mol. The number of hydrogen-bond donors (Lipinski definition) is 1. The standard InChI is InChI=1S/C17H25ClN2O/c1-2-16(14-8-7-9-15(18)12-14)19-13-17(21)20-10-5-3-4-6-11-20/h7-9,12,16,19H,2-6,10-11,13H2,1H3. The lowest BCUT2D eigenvalue weighted by atomic mass is 10.0. The first kappa shape index (κ1) is 16.3. The van der Waals surface area contributed by atoms with E-state index in [4.69, 9.17) is 11.6 Å². The molecule has 1 N–H and O–H groups in total. The van der Waals surface area contributed by atoms with E-state index >= 15 is 0 Å². The molecule has 0 radical (unpaired) electrons. The van der Waals surface area contributed by atoms with Gasteiger partial charge in [-0.3, -0.25) is 4.79 Å². The summed E-state index contributed by atoms with van der Waals surface area (Å²) >= 11 is 6.05. The summed E-state index contributed by atoms with van der Waals surface area (Å²) in [4.78, 5) is 14.3. The summed E-state index contributed by atoms with van der Waals surface area (Å²) in [6, 6.07) is 8.04. The zero-order chi connectivity index (χ0) is 15.1. The minimum Gasteiger partial charge on any atom is -0.342 e. The van der Waals surface area contributed by atoms with Gasteiger partial charge in [-0.15, -0.1) is 0 Å². The second-order valence-corrected chi connectivity index (χ2v) is 6.13. The first-order valence-electron chi connectivity index (χ1n) is 7.97. The van der Waals surface area contributed by atoms with Crippen molar-refractivity contribution in [2.45, 2.75) is 45.1 Å². The second-order valence-electron chi connectivity index (χ2n) is 5.69. The van der Waals surface area contributed by atoms with E-state index in [1.54, 1.807) is 0 Å². The number of benzene rings is 1. The topological polar surface area (TPSA) is 32.3 Å². The van der Waals surface area contributed by atoms with E-state index in [0.717, 1.165) is 42.9 Å². The molecule has 2 rings (SSSR count). The number of halogens is 1. The van der Waals surface area contributed by atoms with Gasteiger partial charge >= 0.3 is 0 Å². The van der Waals surface area contributed by atoms with Crippen LogP contribution in [0.25, 0.3) is 0 Å². The van der Waals surface area contributed by atoms with E-state index in [2.05, 4.69) is 18.3 Å². The van der Waals surface area contributed by atoms with Gasteiger partial charge in [0.2, 0.25) is 5.91 Å². The Morgan fingerprint density at radius 2 is 2.00 bits per heavy atom. The number of hydrogen-bond acceptors (Lipinski definition) is 2. The summed E-state index contributed by atoms with van der Waals surface area (Å²) in [5.74, 6) is 0.220. The highest BCUT2D eigenvalue weighted by Crippen LogP contribution is 2.20. The van der Waals surface area contributed by atoms with Gasteiger partial charge in [0, 0.05) is 24.2 Å². The molecule has 116 valence electrons. The van der Waals surface area contributed by atoms with Crippen molar-refractivity contribution < 1.29 is 4.79 Å². The predicted octanol–water partition coefficient (Wildman–Crippen LogP) is 3.78. The van der Waals surface area contributed by atoms with Crippen molar-refractivity contribution in [1.82, 2.24) is 10.2 Å². The van der Waals surface area contributed by atoms with Crippen LogP contribution < -0.4 is 5.32 Å². The number of nitrogens with zero attached hydrogens (tertiary/aromatic N) is 1. The molecule has 1 amide bonds. The van der Waals surface area contributed by atoms with Crippen LogP contribution in [0.1, 0.15) is 50.6 Å². The lowest BCUT2D eigenvalue weighted by Gasteiger charge is -2.23. The van der Waals surface area contributed by atoms with Crippen LogP contribution in [0, 0.1) is 0 Å². The summed E-state index contributed by atoms with van der Waals surface area (Å²) in [5.41, 5.74) is 1.15. The molecule has 0 aromatic heterocycles. The maximum atomic E-state index is 12.3. The molecule has 3 nitrogen and oxygen atoms in total. The summed E-state index contributed by atoms with van der Waals surface area (Å²) in [6.45, 7) is 4.35. The van der Waals surface area contributed by atoms with Gasteiger partial charge in [0.25, 0.3) is 0 Å². The number of rotatable bonds is 5. The third-order valence-corrected chi connectivity index (χ3v) is 4.35. The predicted molar refractivity (Wildman–Crippen MR) is 87.5 cm³/mol. The Bertz CT molecular complexity index is 456. The number of nitrogens with one attached hydrogen (secondary N) is 1. The summed E-state index contributed by atoms with van der Waals surface area (Å²) in [5, 5.41) is 4.12. The van der Waals surface area contributed by atoms with Gasteiger partial charge in [0.15, 0.2) is 0 Å². The molecule has 0 bridgehead atoms. The van der Waals surface area contributed by atoms with Crippen LogP contribution in [-0.4, -0.2) is 30.4 Å². The van der Waals surface area contributed by atoms with Crippen molar-refractivity contribution in [2.75, 3.05) is 19.6 Å². The summed E-state index contributed by atoms with van der Waals surface area (Å²) in [7, 11) is 0. The van der Waals surface area contributed by atoms with Crippen LogP contribution in [0.15, 0.2) is 24.3 Å². The van der Waals surface area contributed by atoms with E-state index < -0.39 is 0 Å². The maximum Gasteiger partial charge on any atom is 0.236 e. The Kier molecular flexibility index (Phi) is 6.52. The molecule has 1 fully saturated rings. The zero-order valence-electron chi connectivity index (χ0n) is 12.8. The number of carbonyl (C=O) groups is 1. The molecular formula is C17H25ClN2O. The quantitative estimate of drug-likeness (QED) is 0.897. The molecule has 1 atom stereocenters. The van der Waals surface area contributed by atoms with E-state index in [1.165, 1.54) is 12.8 Å². The van der Waals surface area contributed by atoms with Crippen molar-refractivity contribution >= 4 is 17.5 Å². The first-order chi connectivity index (χ1) is 10.2. The normalized spacial score (nSPS) is 17.3. The molecule has 1 aliphatic heterocycles. The smallest absolute Gasteiger partial charge is 0.236 e. The van der Waals surface area contributed by atoms with Crippen molar-refractivity contribution in [3.8, 4) is 0 Å². The second kappa shape index (κ2) is 8.40. The van der Waals surface area contributed by atoms with E-state index in [9.17, 15) is 4.79 Å². The Labute approximate surface area is 132 Å². The largest absolute Gasteiger partial charge is 0.342 e. The highest BCUT2D eigenvalue weighted by atomic mass is 35.5. The molecular weight excluding hydrogens is 284 g/mol. The molecule has 1 aromatic carbocycles. The van der Waals surface area contributed by atoms with Gasteiger partial charge in [-0.1, -0.05) is 43.5 Å². The van der Waals surface area contributed by atoms with Gasteiger partial charge in [-0.05, 0) is 37.0 Å². The summed E-state index contributed by atoms with van der Waals surface area (Å²) in [6.07, 6.45) is 5.71. The first-order valence-corrected chi connectivity index (χ1v) is 8.35. The molecule has 0 aliphatic carbocycles. The van der Waals surface area contributed by atoms with Gasteiger partial charge in [0.1, 0.15) is 0 Å². The van der Waals surface area contributed by atoms with Crippen LogP contribution in [0.2, 0.25) is 5.02 Å². The molecule has 1 unspecified atom stereocenters. The fraction of sp³-hybridized carbons (Fsp3) is 0.588. The maximum absolute atomic E-state index is 12.3. The SMILES string of the molecule is CCC(NCC(=O)N1CCCCCC1)c1cccc(Cl)c1. The van der Waals surface area contributed by atoms with Crippen LogP contribution in [0.5, 0.6) is 0 Å². The highest BCUT2D eigenvalue weighted by molar-refractivity contribution is 6.30. The minimum absolute atomic E-state index is 0.180. The molecule has 1 heterocycles. The Morgan fingerprint density at radius 1 is 1.29 bits per heavy atom. The van der Waals surface area contributed by atoms with Gasteiger partial charge < -0.3 is 10.2 Å². The lowest BCUT2D eigenvalue weighted by molar-refractivity contribution is -0.130. The molecule has 1 aromatic rings. The Hall–Kier alpha value is -1.06. The molecule has 1 aliphatic rings. The molecule has 0 spiro atoms. The summed E-state index contributed by atoms with van der Waals surface area (Å²) < 4.78 is 0. The Morgan fingerprint density at radius 3 is 2.62 bits per heavy atom. The number of carbonyl (C=O) groups excluding carboxylic acids is 1. The zero-order valence-corrected chi connectivity index (χ0v) is 13.5. The van der Waals surface area contributed by atoms with Crippen LogP contribution in [-0.2, 0) is 4.79 Å². The van der Waals surface area contributed by atoms with Crippen molar-refractivity contribution in [3.63, 3.8) is 0 Å². The Balaban J connectivity index is 1.88. The van der Waals surface area contributed by atoms with Gasteiger partial charge in [-0.25, -0.2) is 0 Å². The van der Waals surface area contributed by atoms with Crippen molar-refractivity contribution in [1.29, 1.82) is 0 Å². The van der Waals surface area contributed by atoms with Crippen molar-refractivity contribution in [3.05, 3.63) is 34.9 Å². The van der Waals surface area contributed by atoms with E-state index in [1.807, 2.05) is 23.1 Å². The van der Waals surface area contributed by atoms with Gasteiger partial charge in [0.05, 0.1) is 6.54 Å². The third-order valence-electron chi connectivity index (χ3n) is 4.12. The highest BCUT2D eigenvalue weighted by Gasteiger charge is 2.17. The van der Waals surface area contributed by atoms with Crippen LogP contribution >= 0.6 is 11.6 Å². The third kappa shape index (κ3) is 5.01. The van der Waals surface area contributed by atoms with E-state index in [0.29, 0.717) is 6.54 Å². The van der Waals surface area contributed by atoms with Crippen LogP contribution in [0.4, 0.5) is 0 Å². The van der Waals surface area contributed by atoms with Crippen molar-refractivity contribution in [2.24, 2.45) is 0 Å². The molecule has 1 saturated heterocycles. The number of likely N-dealkylation sites (tertiary alicyclic amines) is 1. The average Bonchev–Trinajstić information content (AvgIpc) is 2.77. The lowest BCUT2D eigenvalue weighted by Crippen LogP contribution is -2.39. The molecule has 0 saturated carbocycles. The fourth-order valence-electron chi connectivity index (χ4n) is 2.86. The molecule has 4 heteroatoms. The van der Waals surface area contributed by atoms with Gasteiger partial charge in [-0.2, -0.15) is 0 Å².